The Labute approximate surface area is 378 Å². The molecule has 3 aromatic carbocycles. The molecule has 0 spiro atoms. The van der Waals surface area contributed by atoms with Gasteiger partial charge >= 0.3 is 11.4 Å². The maximum Gasteiger partial charge on any atom is 0.438 e. The van der Waals surface area contributed by atoms with E-state index in [9.17, 15) is 14.2 Å². The molecule has 1 saturated carbocycles. The molecule has 7 heterocycles. The number of nitrogens with one attached hydrogen (secondary N) is 1. The first-order valence-electron chi connectivity index (χ1n) is 22.4. The van der Waals surface area contributed by atoms with Gasteiger partial charge in [-0.2, -0.15) is 5.10 Å². The highest BCUT2D eigenvalue weighted by Gasteiger charge is 2.59. The molecule has 338 valence electrons. The van der Waals surface area contributed by atoms with Crippen molar-refractivity contribution in [1.29, 1.82) is 0 Å². The molecule has 3 atom stereocenters. The highest BCUT2D eigenvalue weighted by Crippen LogP contribution is 2.56. The van der Waals surface area contributed by atoms with Gasteiger partial charge in [0.25, 0.3) is 5.91 Å². The molecule has 1 N–H and O–H groups in total. The van der Waals surface area contributed by atoms with E-state index in [1.807, 2.05) is 34.4 Å². The van der Waals surface area contributed by atoms with Crippen molar-refractivity contribution in [3.05, 3.63) is 163 Å². The Hall–Kier alpha value is -6.77. The molecule has 1 saturated heterocycles. The molecule has 66 heavy (non-hydrogen) atoms. The van der Waals surface area contributed by atoms with E-state index in [4.69, 9.17) is 14.4 Å². The number of aryl methyl sites for hydroxylation is 2. The number of aromatic nitrogens is 7. The lowest BCUT2D eigenvalue weighted by molar-refractivity contribution is 0.0663. The van der Waals surface area contributed by atoms with Crippen LogP contribution in [-0.2, 0) is 21.3 Å². The zero-order valence-corrected chi connectivity index (χ0v) is 38.2. The Morgan fingerprint density at radius 2 is 1.62 bits per heavy atom. The van der Waals surface area contributed by atoms with E-state index in [0.29, 0.717) is 94.9 Å². The second-order valence-electron chi connectivity index (χ2n) is 18.3. The Balaban J connectivity index is 1.03. The molecule has 4 aromatic heterocycles. The number of imidazole rings is 1. The summed E-state index contributed by atoms with van der Waals surface area (Å²) in [4.78, 5) is 49.1. The molecule has 0 radical (unpaired) electrons. The van der Waals surface area contributed by atoms with Crippen LogP contribution in [0, 0.1) is 25.6 Å². The van der Waals surface area contributed by atoms with E-state index >= 15 is 9.18 Å². The summed E-state index contributed by atoms with van der Waals surface area (Å²) in [7, 11) is -1.04. The van der Waals surface area contributed by atoms with Crippen molar-refractivity contribution in [1.82, 2.24) is 43.4 Å². The van der Waals surface area contributed by atoms with Gasteiger partial charge in [-0.1, -0.05) is 18.1 Å². The average Bonchev–Trinajstić information content (AvgIpc) is 3.82. The van der Waals surface area contributed by atoms with Gasteiger partial charge in [0.2, 0.25) is 0 Å². The molecule has 17 heteroatoms. The third-order valence-corrected chi connectivity index (χ3v) is 16.5. The van der Waals surface area contributed by atoms with Crippen molar-refractivity contribution in [2.45, 2.75) is 70.9 Å². The molecule has 4 aliphatic rings. The second-order valence-corrected chi connectivity index (χ2v) is 20.8. The summed E-state index contributed by atoms with van der Waals surface area (Å²) in [6, 6.07) is 18.3. The third-order valence-electron chi connectivity index (χ3n) is 14.2. The number of aromatic amines is 1. The van der Waals surface area contributed by atoms with Crippen LogP contribution in [0.3, 0.4) is 0 Å². The average molecular weight is 910 g/mol. The van der Waals surface area contributed by atoms with Gasteiger partial charge in [0, 0.05) is 79.8 Å². The standard InChI is InChI=1S/C49H49FN9O6P/c1-29-24-37(25-30(2)43(29)50)59-44(57-17-16-56(48(57)62)36-7-9-38(10-8-36)66(63)22-18-54(5)19-23-66)42-32(4)55(15-12-39(42)52-59)45(60)41-27-35-26-34(33-13-20-64-21-14-33)6-11-40(35)58(41)49(28-31(49)3)46-51-47(61)65-53-46/h6-11,16-19,22-27,31-33H,12-15,20-21,28H2,1-5H3,(H,51,53,61)/t31-,32-,49-/m0/s1. The Kier molecular flexibility index (Phi) is 9.79. The number of fused-ring (bicyclic) bond motifs is 2. The second kappa shape index (κ2) is 15.4. The van der Waals surface area contributed by atoms with E-state index in [-0.39, 0.29) is 17.6 Å². The number of halogens is 1. The van der Waals surface area contributed by atoms with Crippen molar-refractivity contribution in [2.24, 2.45) is 5.92 Å². The van der Waals surface area contributed by atoms with Crippen LogP contribution >= 0.6 is 7.14 Å². The molecule has 1 aliphatic carbocycles. The normalized spacial score (nSPS) is 21.5. The number of ether oxygens (including phenoxy) is 1. The number of amides is 1. The minimum Gasteiger partial charge on any atom is -0.381 e. The van der Waals surface area contributed by atoms with Crippen LogP contribution in [0.15, 0.2) is 111 Å². The molecule has 0 bridgehead atoms. The van der Waals surface area contributed by atoms with Gasteiger partial charge in [0.05, 0.1) is 23.1 Å². The first kappa shape index (κ1) is 41.9. The molecule has 3 aliphatic heterocycles. The number of hydrogen-bond donors (Lipinski definition) is 1. The quantitative estimate of drug-likeness (QED) is 0.152. The van der Waals surface area contributed by atoms with E-state index in [1.165, 1.54) is 14.7 Å². The van der Waals surface area contributed by atoms with Crippen LogP contribution < -0.4 is 16.8 Å². The van der Waals surface area contributed by atoms with Gasteiger partial charge in [0.15, 0.2) is 13.0 Å². The fraction of sp³-hybridized carbons (Fsp3) is 0.327. The Bertz CT molecular complexity index is 3300. The van der Waals surface area contributed by atoms with Gasteiger partial charge in [0.1, 0.15) is 22.9 Å². The fourth-order valence-electron chi connectivity index (χ4n) is 10.5. The number of carbonyl (C=O) groups is 1. The molecule has 1 amide bonds. The topological polar surface area (TPSA) is 158 Å². The maximum absolute atomic E-state index is 15.5. The number of H-pyrrole nitrogens is 1. The number of nitrogens with zero attached hydrogens (tertiary/aromatic N) is 8. The Morgan fingerprint density at radius 1 is 0.924 bits per heavy atom. The zero-order chi connectivity index (χ0) is 45.8. The predicted octanol–water partition coefficient (Wildman–Crippen LogP) is 7.51. The number of benzene rings is 3. The first-order valence-corrected chi connectivity index (χ1v) is 24.2. The molecule has 2 fully saturated rings. The van der Waals surface area contributed by atoms with Gasteiger partial charge in [-0.25, -0.2) is 18.7 Å². The van der Waals surface area contributed by atoms with Gasteiger partial charge < -0.3 is 23.7 Å². The third kappa shape index (κ3) is 6.55. The summed E-state index contributed by atoms with van der Waals surface area (Å²) >= 11 is 0. The highest BCUT2D eigenvalue weighted by atomic mass is 31.2. The number of carbonyl (C=O) groups excluding carboxylic acids is 1. The lowest BCUT2D eigenvalue weighted by atomic mass is 9.91. The van der Waals surface area contributed by atoms with E-state index < -0.39 is 30.2 Å². The summed E-state index contributed by atoms with van der Waals surface area (Å²) in [6.45, 7) is 9.14. The van der Waals surface area contributed by atoms with Gasteiger partial charge in [-0.15, -0.1) is 0 Å². The van der Waals surface area contributed by atoms with Gasteiger partial charge in [-0.05, 0) is 135 Å². The van der Waals surface area contributed by atoms with Crippen molar-refractivity contribution in [3.8, 4) is 17.2 Å². The van der Waals surface area contributed by atoms with Crippen LogP contribution in [0.25, 0.3) is 28.1 Å². The molecule has 7 aromatic rings. The lowest BCUT2D eigenvalue weighted by Crippen LogP contribution is -2.41. The largest absolute Gasteiger partial charge is 0.438 e. The minimum atomic E-state index is -2.91. The number of hydrogen-bond acceptors (Lipinski definition) is 9. The fourth-order valence-corrected chi connectivity index (χ4v) is 12.3. The molecule has 0 unspecified atom stereocenters. The summed E-state index contributed by atoms with van der Waals surface area (Å²) in [5.41, 5.74) is 4.63. The van der Waals surface area contributed by atoms with E-state index in [2.05, 4.69) is 35.3 Å². The SMILES string of the molecule is Cc1cc(-n2nc3c(c2-n2ccn(-c4ccc(P5(=O)C=CN(C)C=C5)cc4)c2=O)[C@H](C)N(C(=O)c2cc4cc(C5CCOCC5)ccc4n2[C@@]2(c4noc(=O)[nH]4)C[C@@H]2C)CC3)cc(C)c1F. The number of rotatable bonds is 8. The monoisotopic (exact) mass is 909 g/mol. The lowest BCUT2D eigenvalue weighted by Gasteiger charge is -2.34. The molecular formula is C49H49FN9O6P. The highest BCUT2D eigenvalue weighted by molar-refractivity contribution is 7.77. The van der Waals surface area contributed by atoms with Crippen LogP contribution in [-0.4, -0.2) is 76.1 Å². The molecular weight excluding hydrogens is 861 g/mol. The first-order chi connectivity index (χ1) is 31.8. The van der Waals surface area contributed by atoms with Crippen LogP contribution in [0.5, 0.6) is 0 Å². The maximum atomic E-state index is 15.5. The predicted molar refractivity (Wildman–Crippen MR) is 247 cm³/mol. The van der Waals surface area contributed by atoms with Crippen molar-refractivity contribution in [2.75, 3.05) is 26.8 Å². The van der Waals surface area contributed by atoms with E-state index in [1.54, 1.807) is 91.4 Å². The Morgan fingerprint density at radius 3 is 2.29 bits per heavy atom. The van der Waals surface area contributed by atoms with Crippen molar-refractivity contribution >= 4 is 29.3 Å². The van der Waals surface area contributed by atoms with Crippen molar-refractivity contribution in [3.63, 3.8) is 0 Å². The summed E-state index contributed by atoms with van der Waals surface area (Å²) < 4.78 is 46.4. The zero-order valence-electron chi connectivity index (χ0n) is 37.3. The van der Waals surface area contributed by atoms with Crippen LogP contribution in [0.4, 0.5) is 4.39 Å². The summed E-state index contributed by atoms with van der Waals surface area (Å²) in [5, 5.41) is 10.8. The minimum absolute atomic E-state index is 0.0200. The smallest absolute Gasteiger partial charge is 0.381 e. The molecule has 15 nitrogen and oxygen atoms in total. The van der Waals surface area contributed by atoms with Crippen molar-refractivity contribution < 1.29 is 23.0 Å². The molecule has 11 rings (SSSR count). The van der Waals surface area contributed by atoms with Crippen LogP contribution in [0.1, 0.15) is 89.3 Å². The summed E-state index contributed by atoms with van der Waals surface area (Å²) in [5.74, 6) is 3.34. The summed E-state index contributed by atoms with van der Waals surface area (Å²) in [6.07, 6.45) is 9.74. The van der Waals surface area contributed by atoms with Gasteiger partial charge in [-0.3, -0.25) is 23.4 Å². The van der Waals surface area contributed by atoms with E-state index in [0.717, 1.165) is 23.7 Å². The van der Waals surface area contributed by atoms with Crippen LogP contribution in [0.2, 0.25) is 0 Å².